The lowest BCUT2D eigenvalue weighted by molar-refractivity contribution is -0.161. The Hall–Kier alpha value is -4.64. The van der Waals surface area contributed by atoms with Crippen molar-refractivity contribution < 1.29 is 52.2 Å². The molecule has 3 atom stereocenters. The van der Waals surface area contributed by atoms with E-state index in [2.05, 4.69) is 154 Å². The lowest BCUT2D eigenvalue weighted by atomic mass is 10.1. The van der Waals surface area contributed by atoms with Crippen LogP contribution in [0.3, 0.4) is 0 Å². The van der Waals surface area contributed by atoms with Crippen molar-refractivity contribution in [3.05, 3.63) is 146 Å². The molecule has 11 nitrogen and oxygen atoms in total. The van der Waals surface area contributed by atoms with Gasteiger partial charge in [-0.15, -0.1) is 0 Å². The van der Waals surface area contributed by atoms with Crippen LogP contribution in [-0.2, 0) is 42.2 Å². The van der Waals surface area contributed by atoms with E-state index >= 15 is 0 Å². The molecular formula is C70H113O11P. The molecule has 0 aliphatic heterocycles. The molecule has 0 bridgehead atoms. The number of esters is 3. The van der Waals surface area contributed by atoms with Gasteiger partial charge in [0.2, 0.25) is 0 Å². The molecule has 0 radical (unpaired) electrons. The van der Waals surface area contributed by atoms with E-state index in [0.717, 1.165) is 141 Å². The Morgan fingerprint density at radius 1 is 0.354 bits per heavy atom. The van der Waals surface area contributed by atoms with E-state index in [0.29, 0.717) is 19.3 Å². The lowest BCUT2D eigenvalue weighted by Gasteiger charge is -2.21. The highest BCUT2D eigenvalue weighted by Crippen LogP contribution is 2.43. The van der Waals surface area contributed by atoms with E-state index in [4.69, 9.17) is 23.3 Å². The number of rotatable bonds is 57. The van der Waals surface area contributed by atoms with Crippen LogP contribution >= 0.6 is 7.82 Å². The van der Waals surface area contributed by atoms with Gasteiger partial charge in [0.05, 0.1) is 19.8 Å². The van der Waals surface area contributed by atoms with E-state index in [1.54, 1.807) is 0 Å². The first-order valence-corrected chi connectivity index (χ1v) is 33.2. The minimum absolute atomic E-state index is 0.0895. The second kappa shape index (κ2) is 62.4. The molecular weight excluding hydrogens is 1050 g/mol. The number of aliphatic hydroxyl groups is 1. The summed E-state index contributed by atoms with van der Waals surface area (Å²) in [7, 11) is -4.79. The standard InChI is InChI=1S/C70H113O11P/c1-4-7-10-13-16-19-22-25-28-31-33-36-38-41-44-47-50-53-56-59-68(72)77-63-67(81-70(74)61-58-55-52-49-46-43-40-37-34-32-29-26-23-20-17-14-11-8-5-2)65-79-82(75,76)78-64-66(62-71)80-69(73)60-57-54-51-48-45-42-39-35-30-27-24-21-18-15-12-9-6-3/h7-8,10-11,16-21,25-30,33-34,36-37,41,44,50,53,66-67,71H,4-6,9,12-15,22-24,31-32,35,38-40,42-43,45-49,51-52,54-65H2,1-3H3,(H,75,76)/b10-7-,11-8-,19-16-,20-17-,21-18-,28-25-,29-26-,30-27-,36-33-,37-34-,44-41-,53-50-. The van der Waals surface area contributed by atoms with Gasteiger partial charge in [-0.3, -0.25) is 23.4 Å². The van der Waals surface area contributed by atoms with Gasteiger partial charge in [-0.1, -0.05) is 237 Å². The summed E-state index contributed by atoms with van der Waals surface area (Å²) in [5.41, 5.74) is 0. The van der Waals surface area contributed by atoms with E-state index < -0.39 is 57.8 Å². The number of aliphatic hydroxyl groups excluding tert-OH is 1. The fourth-order valence-electron chi connectivity index (χ4n) is 7.99. The zero-order valence-corrected chi connectivity index (χ0v) is 52.3. The van der Waals surface area contributed by atoms with E-state index in [9.17, 15) is 28.9 Å². The van der Waals surface area contributed by atoms with Crippen LogP contribution in [0.15, 0.2) is 146 Å². The average molecular weight is 1160 g/mol. The molecule has 464 valence electrons. The molecule has 3 unspecified atom stereocenters. The highest BCUT2D eigenvalue weighted by molar-refractivity contribution is 7.47. The normalized spacial score (nSPS) is 14.3. The van der Waals surface area contributed by atoms with Gasteiger partial charge in [0.1, 0.15) is 12.7 Å². The van der Waals surface area contributed by atoms with Crippen molar-refractivity contribution in [2.45, 2.75) is 251 Å². The second-order valence-corrected chi connectivity index (χ2v) is 21.9. The van der Waals surface area contributed by atoms with Crippen molar-refractivity contribution in [1.29, 1.82) is 0 Å². The van der Waals surface area contributed by atoms with Crippen LogP contribution < -0.4 is 0 Å². The topological polar surface area (TPSA) is 155 Å². The third-order valence-electron chi connectivity index (χ3n) is 12.7. The third-order valence-corrected chi connectivity index (χ3v) is 13.7. The summed E-state index contributed by atoms with van der Waals surface area (Å²) in [6.45, 7) is 4.28. The van der Waals surface area contributed by atoms with Gasteiger partial charge in [-0.25, -0.2) is 4.57 Å². The third kappa shape index (κ3) is 60.0. The minimum Gasteiger partial charge on any atom is -0.462 e. The highest BCUT2D eigenvalue weighted by Gasteiger charge is 2.28. The Morgan fingerprint density at radius 3 is 1.02 bits per heavy atom. The van der Waals surface area contributed by atoms with Gasteiger partial charge in [0.15, 0.2) is 6.10 Å². The Kier molecular flexibility index (Phi) is 58.9. The molecule has 0 rings (SSSR count). The maximum absolute atomic E-state index is 13.0. The van der Waals surface area contributed by atoms with Crippen molar-refractivity contribution in [2.24, 2.45) is 0 Å². The SMILES string of the molecule is CC/C=C\C/C=C\C/C=C\C/C=C\C/C=C\C/C=C\CCC(=O)OCC(COP(=O)(O)OCC(CO)OC(=O)CCCCCCCCC/C=C\C/C=C\CCCCC)OC(=O)CCCCCCCC/C=C\C/C=C\C/C=C\C/C=C\CC. The molecule has 0 aromatic rings. The van der Waals surface area contributed by atoms with Crippen LogP contribution in [0.2, 0.25) is 0 Å². The molecule has 82 heavy (non-hydrogen) atoms. The van der Waals surface area contributed by atoms with Gasteiger partial charge in [-0.05, 0) is 128 Å². The summed E-state index contributed by atoms with van der Waals surface area (Å²) in [5.74, 6) is -1.60. The van der Waals surface area contributed by atoms with Crippen molar-refractivity contribution in [2.75, 3.05) is 26.4 Å². The second-order valence-electron chi connectivity index (χ2n) is 20.5. The van der Waals surface area contributed by atoms with Crippen LogP contribution in [-0.4, -0.2) is 66.5 Å². The van der Waals surface area contributed by atoms with Crippen molar-refractivity contribution in [3.63, 3.8) is 0 Å². The largest absolute Gasteiger partial charge is 0.472 e. The maximum atomic E-state index is 13.0. The average Bonchev–Trinajstić information content (AvgIpc) is 3.47. The first-order chi connectivity index (χ1) is 40.2. The number of hydrogen-bond acceptors (Lipinski definition) is 10. The minimum atomic E-state index is -4.79. The molecule has 0 aliphatic carbocycles. The van der Waals surface area contributed by atoms with Gasteiger partial charge >= 0.3 is 25.7 Å². The number of phosphoric ester groups is 1. The van der Waals surface area contributed by atoms with Crippen molar-refractivity contribution >= 4 is 25.7 Å². The van der Waals surface area contributed by atoms with Crippen LogP contribution in [0.4, 0.5) is 0 Å². The predicted octanol–water partition coefficient (Wildman–Crippen LogP) is 19.5. The fraction of sp³-hybridized carbons (Fsp3) is 0.614. The number of carbonyl (C=O) groups is 3. The Balaban J connectivity index is 4.86. The zero-order chi connectivity index (χ0) is 59.8. The van der Waals surface area contributed by atoms with E-state index in [1.165, 1.54) is 38.5 Å². The maximum Gasteiger partial charge on any atom is 0.472 e. The Bertz CT molecular complexity index is 1930. The first kappa shape index (κ1) is 77.4. The number of allylic oxidation sites excluding steroid dienone is 24. The molecule has 0 saturated carbocycles. The smallest absolute Gasteiger partial charge is 0.462 e. The molecule has 0 fully saturated rings. The molecule has 0 aromatic carbocycles. The predicted molar refractivity (Wildman–Crippen MR) is 343 cm³/mol. The first-order valence-electron chi connectivity index (χ1n) is 31.7. The molecule has 0 spiro atoms. The Labute approximate surface area is 499 Å². The number of hydrogen-bond donors (Lipinski definition) is 2. The lowest BCUT2D eigenvalue weighted by Crippen LogP contribution is -2.30. The molecule has 0 aliphatic rings. The summed E-state index contributed by atoms with van der Waals surface area (Å²) in [4.78, 5) is 48.7. The quantitative estimate of drug-likeness (QED) is 0.0197. The van der Waals surface area contributed by atoms with Gasteiger partial charge < -0.3 is 24.2 Å². The van der Waals surface area contributed by atoms with Crippen molar-refractivity contribution in [3.8, 4) is 0 Å². The monoisotopic (exact) mass is 1160 g/mol. The fourth-order valence-corrected chi connectivity index (χ4v) is 8.77. The zero-order valence-electron chi connectivity index (χ0n) is 51.4. The molecule has 0 saturated heterocycles. The van der Waals surface area contributed by atoms with Crippen LogP contribution in [0, 0.1) is 0 Å². The molecule has 0 amide bonds. The summed E-state index contributed by atoms with van der Waals surface area (Å²) in [6.07, 6.45) is 80.9. The highest BCUT2D eigenvalue weighted by atomic mass is 31.2. The summed E-state index contributed by atoms with van der Waals surface area (Å²) >= 11 is 0. The summed E-state index contributed by atoms with van der Waals surface area (Å²) < 4.78 is 39.6. The number of phosphoric acid groups is 1. The molecule has 0 heterocycles. The summed E-state index contributed by atoms with van der Waals surface area (Å²) in [5, 5.41) is 9.85. The molecule has 12 heteroatoms. The van der Waals surface area contributed by atoms with E-state index in [1.807, 2.05) is 12.2 Å². The molecule has 2 N–H and O–H groups in total. The van der Waals surface area contributed by atoms with Gasteiger partial charge in [0, 0.05) is 19.3 Å². The van der Waals surface area contributed by atoms with Crippen LogP contribution in [0.25, 0.3) is 0 Å². The molecule has 0 aromatic heterocycles. The Morgan fingerprint density at radius 2 is 0.659 bits per heavy atom. The van der Waals surface area contributed by atoms with Crippen LogP contribution in [0.1, 0.15) is 239 Å². The van der Waals surface area contributed by atoms with Gasteiger partial charge in [-0.2, -0.15) is 0 Å². The number of ether oxygens (including phenoxy) is 3. The number of unbranched alkanes of at least 4 members (excludes halogenated alkanes) is 16. The van der Waals surface area contributed by atoms with Gasteiger partial charge in [0.25, 0.3) is 0 Å². The summed E-state index contributed by atoms with van der Waals surface area (Å²) in [6, 6.07) is 0. The van der Waals surface area contributed by atoms with E-state index in [-0.39, 0.29) is 25.9 Å². The van der Waals surface area contributed by atoms with Crippen LogP contribution in [0.5, 0.6) is 0 Å². The van der Waals surface area contributed by atoms with Crippen molar-refractivity contribution in [1.82, 2.24) is 0 Å². The number of carbonyl (C=O) groups excluding carboxylic acids is 3.